The summed E-state index contributed by atoms with van der Waals surface area (Å²) in [7, 11) is 1.92. The summed E-state index contributed by atoms with van der Waals surface area (Å²) in [5.41, 5.74) is 0.0297. The number of likely N-dealkylation sites (tertiary alicyclic amines) is 1. The summed E-state index contributed by atoms with van der Waals surface area (Å²) >= 11 is 0. The molecule has 0 bridgehead atoms. The summed E-state index contributed by atoms with van der Waals surface area (Å²) in [6, 6.07) is 6.76. The van der Waals surface area contributed by atoms with Crippen molar-refractivity contribution in [2.45, 2.75) is 12.1 Å². The smallest absolute Gasteiger partial charge is 0.150 e. The molecular formula is C12H14FNO. The van der Waals surface area contributed by atoms with E-state index in [1.165, 1.54) is 0 Å². The van der Waals surface area contributed by atoms with E-state index in [-0.39, 0.29) is 0 Å². The number of benzene rings is 1. The fraction of sp³-hybridized carbons (Fsp3) is 0.417. The van der Waals surface area contributed by atoms with Gasteiger partial charge in [-0.1, -0.05) is 24.3 Å². The number of hydrogen-bond donors (Lipinski definition) is 0. The van der Waals surface area contributed by atoms with Crippen LogP contribution in [-0.4, -0.2) is 31.3 Å². The minimum absolute atomic E-state index is 0.438. The maximum Gasteiger partial charge on any atom is 0.150 e. The third-order valence-corrected chi connectivity index (χ3v) is 2.97. The predicted octanol–water partition coefficient (Wildman–Crippen LogP) is 2.00. The molecule has 1 saturated heterocycles. The van der Waals surface area contributed by atoms with Crippen LogP contribution in [0.5, 0.6) is 0 Å². The van der Waals surface area contributed by atoms with Crippen LogP contribution in [0, 0.1) is 0 Å². The number of alkyl halides is 1. The number of carbonyl (C=O) groups excluding carboxylic acids is 1. The molecule has 1 fully saturated rings. The van der Waals surface area contributed by atoms with Gasteiger partial charge in [-0.25, -0.2) is 4.39 Å². The lowest BCUT2D eigenvalue weighted by Crippen LogP contribution is -2.24. The maximum absolute atomic E-state index is 14.4. The zero-order chi connectivity index (χ0) is 10.9. The molecule has 3 heteroatoms. The van der Waals surface area contributed by atoms with Crippen molar-refractivity contribution in [2.24, 2.45) is 0 Å². The molecule has 0 aliphatic carbocycles. The molecule has 80 valence electrons. The van der Waals surface area contributed by atoms with Crippen LogP contribution in [0.1, 0.15) is 22.3 Å². The van der Waals surface area contributed by atoms with Gasteiger partial charge in [0.1, 0.15) is 12.0 Å². The Labute approximate surface area is 88.7 Å². The van der Waals surface area contributed by atoms with E-state index in [0.29, 0.717) is 24.1 Å². The monoisotopic (exact) mass is 207 g/mol. The van der Waals surface area contributed by atoms with Crippen molar-refractivity contribution in [1.29, 1.82) is 0 Å². The van der Waals surface area contributed by atoms with E-state index in [2.05, 4.69) is 0 Å². The van der Waals surface area contributed by atoms with E-state index >= 15 is 0 Å². The average Bonchev–Trinajstić information content (AvgIpc) is 2.60. The van der Waals surface area contributed by atoms with E-state index in [0.717, 1.165) is 12.8 Å². The normalized spacial score (nSPS) is 26.8. The number of rotatable bonds is 2. The molecule has 1 heterocycles. The SMILES string of the molecule is CN1CCC(F)(c2ccc(C=O)cc2)C1. The molecule has 0 radical (unpaired) electrons. The van der Waals surface area contributed by atoms with Gasteiger partial charge in [0.25, 0.3) is 0 Å². The molecule has 1 atom stereocenters. The second kappa shape index (κ2) is 3.74. The first kappa shape index (κ1) is 10.3. The van der Waals surface area contributed by atoms with Crippen molar-refractivity contribution < 1.29 is 9.18 Å². The second-order valence-electron chi connectivity index (χ2n) is 4.19. The van der Waals surface area contributed by atoms with Crippen LogP contribution in [0.25, 0.3) is 0 Å². The van der Waals surface area contributed by atoms with Crippen LogP contribution < -0.4 is 0 Å². The third kappa shape index (κ3) is 1.92. The number of nitrogens with zero attached hydrogens (tertiary/aromatic N) is 1. The molecule has 1 aliphatic heterocycles. The Morgan fingerprint density at radius 2 is 2.07 bits per heavy atom. The van der Waals surface area contributed by atoms with Crippen LogP contribution in [-0.2, 0) is 5.67 Å². The fourth-order valence-electron chi connectivity index (χ4n) is 2.05. The van der Waals surface area contributed by atoms with Crippen LogP contribution in [0.3, 0.4) is 0 Å². The summed E-state index contributed by atoms with van der Waals surface area (Å²) in [6.45, 7) is 1.22. The summed E-state index contributed by atoms with van der Waals surface area (Å²) < 4.78 is 14.4. The topological polar surface area (TPSA) is 20.3 Å². The molecule has 0 N–H and O–H groups in total. The van der Waals surface area contributed by atoms with E-state index in [1.54, 1.807) is 24.3 Å². The Morgan fingerprint density at radius 3 is 2.53 bits per heavy atom. The molecule has 0 spiro atoms. The van der Waals surface area contributed by atoms with Gasteiger partial charge in [-0.15, -0.1) is 0 Å². The fourth-order valence-corrected chi connectivity index (χ4v) is 2.05. The van der Waals surface area contributed by atoms with Crippen molar-refractivity contribution in [3.63, 3.8) is 0 Å². The third-order valence-electron chi connectivity index (χ3n) is 2.97. The molecule has 1 unspecified atom stereocenters. The molecule has 15 heavy (non-hydrogen) atoms. The van der Waals surface area contributed by atoms with Gasteiger partial charge in [0.05, 0.1) is 0 Å². The lowest BCUT2D eigenvalue weighted by Gasteiger charge is -2.19. The minimum Gasteiger partial charge on any atom is -0.303 e. The lowest BCUT2D eigenvalue weighted by atomic mass is 9.94. The van der Waals surface area contributed by atoms with E-state index in [4.69, 9.17) is 0 Å². The molecule has 1 aliphatic rings. The highest BCUT2D eigenvalue weighted by Crippen LogP contribution is 2.35. The van der Waals surface area contributed by atoms with Gasteiger partial charge in [0, 0.05) is 18.7 Å². The molecule has 0 saturated carbocycles. The van der Waals surface area contributed by atoms with Gasteiger partial charge in [-0.05, 0) is 19.0 Å². The van der Waals surface area contributed by atoms with Crippen molar-refractivity contribution in [3.8, 4) is 0 Å². The Kier molecular flexibility index (Phi) is 2.57. The van der Waals surface area contributed by atoms with E-state index < -0.39 is 5.67 Å². The van der Waals surface area contributed by atoms with Crippen LogP contribution >= 0.6 is 0 Å². The number of hydrogen-bond acceptors (Lipinski definition) is 2. The van der Waals surface area contributed by atoms with Crippen LogP contribution in [0.2, 0.25) is 0 Å². The van der Waals surface area contributed by atoms with Crippen LogP contribution in [0.15, 0.2) is 24.3 Å². The zero-order valence-electron chi connectivity index (χ0n) is 8.74. The number of aldehydes is 1. The highest BCUT2D eigenvalue weighted by molar-refractivity contribution is 5.74. The molecule has 0 aromatic heterocycles. The van der Waals surface area contributed by atoms with E-state index in [1.807, 2.05) is 11.9 Å². The van der Waals surface area contributed by atoms with Crippen molar-refractivity contribution in [3.05, 3.63) is 35.4 Å². The van der Waals surface area contributed by atoms with Crippen molar-refractivity contribution in [2.75, 3.05) is 20.1 Å². The van der Waals surface area contributed by atoms with Gasteiger partial charge >= 0.3 is 0 Å². The number of carbonyl (C=O) groups is 1. The van der Waals surface area contributed by atoms with Crippen molar-refractivity contribution >= 4 is 6.29 Å². The van der Waals surface area contributed by atoms with Gasteiger partial charge in [0.2, 0.25) is 0 Å². The summed E-state index contributed by atoms with van der Waals surface area (Å²) in [4.78, 5) is 12.4. The number of likely N-dealkylation sites (N-methyl/N-ethyl adjacent to an activating group) is 1. The molecule has 2 rings (SSSR count). The van der Waals surface area contributed by atoms with Gasteiger partial charge in [0.15, 0.2) is 0 Å². The van der Waals surface area contributed by atoms with E-state index in [9.17, 15) is 9.18 Å². The Bertz CT molecular complexity index is 362. The van der Waals surface area contributed by atoms with Gasteiger partial charge in [-0.3, -0.25) is 4.79 Å². The maximum atomic E-state index is 14.4. The predicted molar refractivity (Wildman–Crippen MR) is 56.7 cm³/mol. The average molecular weight is 207 g/mol. The minimum atomic E-state index is -1.24. The lowest BCUT2D eigenvalue weighted by molar-refractivity contribution is 0.112. The molecular weight excluding hydrogens is 193 g/mol. The highest BCUT2D eigenvalue weighted by atomic mass is 19.1. The number of halogens is 1. The molecule has 1 aromatic rings. The van der Waals surface area contributed by atoms with Gasteiger partial charge in [-0.2, -0.15) is 0 Å². The molecule has 0 amide bonds. The summed E-state index contributed by atoms with van der Waals surface area (Å²) in [5, 5.41) is 0. The first-order valence-electron chi connectivity index (χ1n) is 5.07. The van der Waals surface area contributed by atoms with Gasteiger partial charge < -0.3 is 4.90 Å². The first-order chi connectivity index (χ1) is 7.14. The Balaban J connectivity index is 2.25. The van der Waals surface area contributed by atoms with Crippen LogP contribution in [0.4, 0.5) is 4.39 Å². The molecule has 2 nitrogen and oxygen atoms in total. The summed E-state index contributed by atoms with van der Waals surface area (Å²) in [5.74, 6) is 0. The zero-order valence-corrected chi connectivity index (χ0v) is 8.74. The Hall–Kier alpha value is -1.22. The first-order valence-corrected chi connectivity index (χ1v) is 5.07. The highest BCUT2D eigenvalue weighted by Gasteiger charge is 2.38. The standard InChI is InChI=1S/C12H14FNO/c1-14-7-6-12(13,9-14)11-4-2-10(8-15)3-5-11/h2-5,8H,6-7,9H2,1H3. The second-order valence-corrected chi connectivity index (χ2v) is 4.19. The Morgan fingerprint density at radius 1 is 1.40 bits per heavy atom. The largest absolute Gasteiger partial charge is 0.303 e. The quantitative estimate of drug-likeness (QED) is 0.691. The molecule has 1 aromatic carbocycles. The summed E-state index contributed by atoms with van der Waals surface area (Å²) in [6.07, 6.45) is 1.30. The van der Waals surface area contributed by atoms with Crippen molar-refractivity contribution in [1.82, 2.24) is 4.90 Å².